The Balaban J connectivity index is 2.36. The number of nitrogens with two attached hydrogens (primary N) is 1. The van der Waals surface area contributed by atoms with Gasteiger partial charge in [-0.1, -0.05) is 0 Å². The Kier molecular flexibility index (Phi) is 3.82. The molecule has 1 aromatic rings. The van der Waals surface area contributed by atoms with Crippen molar-refractivity contribution in [3.8, 4) is 0 Å². The predicted molar refractivity (Wildman–Crippen MR) is 64.4 cm³/mol. The second-order valence-corrected chi connectivity index (χ2v) is 5.06. The van der Waals surface area contributed by atoms with Crippen molar-refractivity contribution in [2.24, 2.45) is 5.73 Å². The molecule has 0 saturated carbocycles. The first-order valence-corrected chi connectivity index (χ1v) is 6.25. The average molecular weight is 274 g/mol. The van der Waals surface area contributed by atoms with Gasteiger partial charge in [0.05, 0.1) is 17.2 Å². The molecule has 6 heteroatoms. The SMILES string of the molecule is CC1(C(N)c2cnccc2C(F)(F)F)CCCCO1. The minimum Gasteiger partial charge on any atom is -0.373 e. The molecule has 106 valence electrons. The first-order valence-electron chi connectivity index (χ1n) is 6.25. The minimum absolute atomic E-state index is 0.000556. The van der Waals surface area contributed by atoms with Gasteiger partial charge < -0.3 is 10.5 Å². The fraction of sp³-hybridized carbons (Fsp3) is 0.615. The van der Waals surface area contributed by atoms with Crippen LogP contribution in [0.4, 0.5) is 13.2 Å². The van der Waals surface area contributed by atoms with Crippen molar-refractivity contribution in [2.75, 3.05) is 6.61 Å². The van der Waals surface area contributed by atoms with Crippen molar-refractivity contribution < 1.29 is 17.9 Å². The molecule has 2 unspecified atom stereocenters. The fourth-order valence-corrected chi connectivity index (χ4v) is 2.44. The van der Waals surface area contributed by atoms with Gasteiger partial charge in [0, 0.05) is 24.6 Å². The quantitative estimate of drug-likeness (QED) is 0.901. The second kappa shape index (κ2) is 5.09. The van der Waals surface area contributed by atoms with Crippen molar-refractivity contribution in [2.45, 2.75) is 44.0 Å². The molecule has 0 spiro atoms. The van der Waals surface area contributed by atoms with Gasteiger partial charge in [-0.05, 0) is 32.3 Å². The highest BCUT2D eigenvalue weighted by Gasteiger charge is 2.41. The van der Waals surface area contributed by atoms with Crippen LogP contribution in [0.15, 0.2) is 18.5 Å². The van der Waals surface area contributed by atoms with Gasteiger partial charge in [0.2, 0.25) is 0 Å². The van der Waals surface area contributed by atoms with Gasteiger partial charge in [-0.2, -0.15) is 13.2 Å². The molecule has 1 fully saturated rings. The highest BCUT2D eigenvalue weighted by atomic mass is 19.4. The van der Waals surface area contributed by atoms with Gasteiger partial charge in [0.15, 0.2) is 0 Å². The lowest BCUT2D eigenvalue weighted by Crippen LogP contribution is -2.44. The summed E-state index contributed by atoms with van der Waals surface area (Å²) in [7, 11) is 0. The standard InChI is InChI=1S/C13H17F3N2O/c1-12(5-2-3-7-19-12)11(17)9-8-18-6-4-10(9)13(14,15)16/h4,6,8,11H,2-3,5,7,17H2,1H3. The maximum Gasteiger partial charge on any atom is 0.416 e. The lowest BCUT2D eigenvalue weighted by molar-refractivity contribution is -0.140. The molecule has 1 aliphatic heterocycles. The molecule has 19 heavy (non-hydrogen) atoms. The van der Waals surface area contributed by atoms with Gasteiger partial charge in [-0.15, -0.1) is 0 Å². The van der Waals surface area contributed by atoms with E-state index in [0.29, 0.717) is 13.0 Å². The zero-order valence-corrected chi connectivity index (χ0v) is 10.7. The van der Waals surface area contributed by atoms with E-state index in [1.807, 2.05) is 0 Å². The number of nitrogens with zero attached hydrogens (tertiary/aromatic N) is 1. The number of rotatable bonds is 2. The van der Waals surface area contributed by atoms with E-state index in [2.05, 4.69) is 4.98 Å². The second-order valence-electron chi connectivity index (χ2n) is 5.06. The van der Waals surface area contributed by atoms with Crippen LogP contribution in [0.3, 0.4) is 0 Å². The normalized spacial score (nSPS) is 26.2. The van der Waals surface area contributed by atoms with Crippen LogP contribution in [0.1, 0.15) is 43.4 Å². The summed E-state index contributed by atoms with van der Waals surface area (Å²) in [5, 5.41) is 0. The maximum atomic E-state index is 13.0. The number of aromatic nitrogens is 1. The first kappa shape index (κ1) is 14.3. The molecule has 0 aliphatic carbocycles. The summed E-state index contributed by atoms with van der Waals surface area (Å²) in [6.07, 6.45) is 0.369. The molecule has 0 bridgehead atoms. The van der Waals surface area contributed by atoms with E-state index in [1.54, 1.807) is 6.92 Å². The van der Waals surface area contributed by atoms with E-state index < -0.39 is 23.4 Å². The summed E-state index contributed by atoms with van der Waals surface area (Å²) in [5.41, 5.74) is 4.54. The molecule has 3 nitrogen and oxygen atoms in total. The molecule has 1 aromatic heterocycles. The van der Waals surface area contributed by atoms with Gasteiger partial charge >= 0.3 is 6.18 Å². The number of alkyl halides is 3. The lowest BCUT2D eigenvalue weighted by atomic mass is 9.83. The Bertz CT molecular complexity index is 442. The van der Waals surface area contributed by atoms with Crippen molar-refractivity contribution >= 4 is 0 Å². The summed E-state index contributed by atoms with van der Waals surface area (Å²) in [6, 6.07) is 0.125. The van der Waals surface area contributed by atoms with Crippen LogP contribution in [0.2, 0.25) is 0 Å². The minimum atomic E-state index is -4.43. The third kappa shape index (κ3) is 2.90. The van der Waals surface area contributed by atoms with E-state index in [0.717, 1.165) is 25.1 Å². The Morgan fingerprint density at radius 1 is 1.42 bits per heavy atom. The van der Waals surface area contributed by atoms with Gasteiger partial charge in [-0.25, -0.2) is 0 Å². The molecule has 2 rings (SSSR count). The summed E-state index contributed by atoms with van der Waals surface area (Å²) in [5.74, 6) is 0. The molecule has 2 N–H and O–H groups in total. The summed E-state index contributed by atoms with van der Waals surface area (Å²) in [4.78, 5) is 3.77. The van der Waals surface area contributed by atoms with Crippen LogP contribution in [0.25, 0.3) is 0 Å². The summed E-state index contributed by atoms with van der Waals surface area (Å²) >= 11 is 0. The number of hydrogen-bond acceptors (Lipinski definition) is 3. The van der Waals surface area contributed by atoms with E-state index in [9.17, 15) is 13.2 Å². The van der Waals surface area contributed by atoms with Gasteiger partial charge in [-0.3, -0.25) is 4.98 Å². The summed E-state index contributed by atoms with van der Waals surface area (Å²) < 4.78 is 44.6. The third-order valence-corrected chi connectivity index (χ3v) is 3.65. The van der Waals surface area contributed by atoms with Crippen molar-refractivity contribution in [1.29, 1.82) is 0 Å². The monoisotopic (exact) mass is 274 g/mol. The Morgan fingerprint density at radius 2 is 2.16 bits per heavy atom. The fourth-order valence-electron chi connectivity index (χ4n) is 2.44. The summed E-state index contributed by atoms with van der Waals surface area (Å²) in [6.45, 7) is 2.30. The molecular formula is C13H17F3N2O. The van der Waals surface area contributed by atoms with Crippen LogP contribution < -0.4 is 5.73 Å². The smallest absolute Gasteiger partial charge is 0.373 e. The highest BCUT2D eigenvalue weighted by molar-refractivity contribution is 5.31. The molecule has 0 amide bonds. The topological polar surface area (TPSA) is 48.1 Å². The third-order valence-electron chi connectivity index (χ3n) is 3.65. The van der Waals surface area contributed by atoms with Crippen molar-refractivity contribution in [1.82, 2.24) is 4.98 Å². The molecule has 0 aromatic carbocycles. The molecule has 2 heterocycles. The van der Waals surface area contributed by atoms with Crippen LogP contribution in [-0.2, 0) is 10.9 Å². The molecule has 0 radical (unpaired) electrons. The number of halogens is 3. The molecular weight excluding hydrogens is 257 g/mol. The van der Waals surface area contributed by atoms with Crippen LogP contribution >= 0.6 is 0 Å². The lowest BCUT2D eigenvalue weighted by Gasteiger charge is -2.39. The van der Waals surface area contributed by atoms with E-state index >= 15 is 0 Å². The van der Waals surface area contributed by atoms with E-state index in [-0.39, 0.29) is 5.56 Å². The molecule has 2 atom stereocenters. The molecule has 1 saturated heterocycles. The zero-order valence-electron chi connectivity index (χ0n) is 10.7. The first-order chi connectivity index (χ1) is 8.84. The van der Waals surface area contributed by atoms with E-state index in [4.69, 9.17) is 10.5 Å². The van der Waals surface area contributed by atoms with Gasteiger partial charge in [0.25, 0.3) is 0 Å². The highest BCUT2D eigenvalue weighted by Crippen LogP contribution is 2.40. The Labute approximate surface area is 110 Å². The van der Waals surface area contributed by atoms with Gasteiger partial charge in [0.1, 0.15) is 0 Å². The van der Waals surface area contributed by atoms with Crippen LogP contribution in [0.5, 0.6) is 0 Å². The maximum absolute atomic E-state index is 13.0. The van der Waals surface area contributed by atoms with E-state index in [1.165, 1.54) is 6.20 Å². The molecule has 1 aliphatic rings. The van der Waals surface area contributed by atoms with Crippen LogP contribution in [0, 0.1) is 0 Å². The number of pyridine rings is 1. The zero-order chi connectivity index (χ0) is 14.1. The van der Waals surface area contributed by atoms with Crippen molar-refractivity contribution in [3.05, 3.63) is 29.6 Å². The predicted octanol–water partition coefficient (Wildman–Crippen LogP) is 3.06. The van der Waals surface area contributed by atoms with Crippen LogP contribution in [-0.4, -0.2) is 17.2 Å². The largest absolute Gasteiger partial charge is 0.416 e. The average Bonchev–Trinajstić information content (AvgIpc) is 2.38. The number of hydrogen-bond donors (Lipinski definition) is 1. The van der Waals surface area contributed by atoms with Crippen molar-refractivity contribution in [3.63, 3.8) is 0 Å². The Hall–Kier alpha value is -1.14. The number of ether oxygens (including phenoxy) is 1. The Morgan fingerprint density at radius 3 is 2.74 bits per heavy atom.